The molecule has 0 atom stereocenters. The standard InChI is InChI=1S/C11H18N2O/c1-11(2,13)7-8-4-5-10(14-3)9(12)6-8/h4-6H,7,12-13H2,1-3H3. The fraction of sp³-hybridized carbons (Fsp3) is 0.455. The summed E-state index contributed by atoms with van der Waals surface area (Å²) in [6.45, 7) is 3.99. The molecule has 0 heterocycles. The van der Waals surface area contributed by atoms with Gasteiger partial charge in [0.2, 0.25) is 0 Å². The van der Waals surface area contributed by atoms with Crippen LogP contribution >= 0.6 is 0 Å². The SMILES string of the molecule is COc1ccc(CC(C)(C)N)cc1N. The number of ether oxygens (including phenoxy) is 1. The molecule has 1 aromatic rings. The van der Waals surface area contributed by atoms with Crippen LogP contribution in [0, 0.1) is 0 Å². The topological polar surface area (TPSA) is 61.3 Å². The average molecular weight is 194 g/mol. The van der Waals surface area contributed by atoms with Crippen LogP contribution in [0.2, 0.25) is 0 Å². The molecular formula is C11H18N2O. The predicted octanol–water partition coefficient (Wildman–Crippen LogP) is 1.56. The van der Waals surface area contributed by atoms with Crippen LogP contribution in [0.15, 0.2) is 18.2 Å². The summed E-state index contributed by atoms with van der Waals surface area (Å²) in [5, 5.41) is 0. The van der Waals surface area contributed by atoms with Gasteiger partial charge in [0.15, 0.2) is 0 Å². The number of anilines is 1. The Morgan fingerprint density at radius 1 is 1.36 bits per heavy atom. The molecule has 0 aliphatic heterocycles. The van der Waals surface area contributed by atoms with Gasteiger partial charge in [0, 0.05) is 5.54 Å². The van der Waals surface area contributed by atoms with E-state index in [9.17, 15) is 0 Å². The average Bonchev–Trinajstić information content (AvgIpc) is 2.01. The van der Waals surface area contributed by atoms with Gasteiger partial charge < -0.3 is 16.2 Å². The molecule has 3 heteroatoms. The third-order valence-electron chi connectivity index (χ3n) is 1.95. The summed E-state index contributed by atoms with van der Waals surface area (Å²) in [6.07, 6.45) is 0.807. The highest BCUT2D eigenvalue weighted by Gasteiger charge is 2.12. The summed E-state index contributed by atoms with van der Waals surface area (Å²) < 4.78 is 5.07. The Hall–Kier alpha value is -1.22. The Morgan fingerprint density at radius 2 is 2.00 bits per heavy atom. The first kappa shape index (κ1) is 10.9. The van der Waals surface area contributed by atoms with Crippen LogP contribution in [0.3, 0.4) is 0 Å². The highest BCUT2D eigenvalue weighted by molar-refractivity contribution is 5.54. The lowest BCUT2D eigenvalue weighted by molar-refractivity contribution is 0.416. The van der Waals surface area contributed by atoms with Crippen LogP contribution < -0.4 is 16.2 Å². The second-order valence-corrected chi connectivity index (χ2v) is 4.24. The molecular weight excluding hydrogens is 176 g/mol. The molecule has 14 heavy (non-hydrogen) atoms. The maximum absolute atomic E-state index is 5.92. The predicted molar refractivity (Wildman–Crippen MR) is 59.4 cm³/mol. The first-order chi connectivity index (χ1) is 6.42. The largest absolute Gasteiger partial charge is 0.495 e. The van der Waals surface area contributed by atoms with E-state index < -0.39 is 0 Å². The van der Waals surface area contributed by atoms with E-state index in [1.165, 1.54) is 0 Å². The van der Waals surface area contributed by atoms with Crippen LogP contribution in [0.4, 0.5) is 5.69 Å². The van der Waals surface area contributed by atoms with E-state index in [0.29, 0.717) is 11.4 Å². The van der Waals surface area contributed by atoms with Crippen molar-refractivity contribution in [3.63, 3.8) is 0 Å². The molecule has 0 aromatic heterocycles. The number of nitrogen functional groups attached to an aromatic ring is 1. The Bertz CT molecular complexity index is 316. The minimum absolute atomic E-state index is 0.207. The monoisotopic (exact) mass is 194 g/mol. The first-order valence-corrected chi connectivity index (χ1v) is 4.63. The summed E-state index contributed by atoms with van der Waals surface area (Å²) in [4.78, 5) is 0. The number of benzene rings is 1. The number of methoxy groups -OCH3 is 1. The van der Waals surface area contributed by atoms with Gasteiger partial charge in [-0.3, -0.25) is 0 Å². The van der Waals surface area contributed by atoms with E-state index in [1.54, 1.807) is 7.11 Å². The zero-order valence-corrected chi connectivity index (χ0v) is 9.00. The van der Waals surface area contributed by atoms with Crippen molar-refractivity contribution >= 4 is 5.69 Å². The van der Waals surface area contributed by atoms with E-state index in [2.05, 4.69) is 0 Å². The van der Waals surface area contributed by atoms with Crippen LogP contribution in [0.5, 0.6) is 5.75 Å². The Kier molecular flexibility index (Phi) is 3.01. The number of hydrogen-bond donors (Lipinski definition) is 2. The fourth-order valence-corrected chi connectivity index (χ4v) is 1.42. The minimum atomic E-state index is -0.207. The lowest BCUT2D eigenvalue weighted by Crippen LogP contribution is -2.34. The lowest BCUT2D eigenvalue weighted by atomic mass is 9.96. The van der Waals surface area contributed by atoms with Crippen molar-refractivity contribution in [1.82, 2.24) is 0 Å². The molecule has 78 valence electrons. The molecule has 0 amide bonds. The number of hydrogen-bond acceptors (Lipinski definition) is 3. The van der Waals surface area contributed by atoms with Crippen molar-refractivity contribution in [1.29, 1.82) is 0 Å². The van der Waals surface area contributed by atoms with Gasteiger partial charge in [-0.15, -0.1) is 0 Å². The fourth-order valence-electron chi connectivity index (χ4n) is 1.42. The molecule has 1 rings (SSSR count). The molecule has 1 aromatic carbocycles. The quantitative estimate of drug-likeness (QED) is 0.718. The second kappa shape index (κ2) is 3.88. The highest BCUT2D eigenvalue weighted by atomic mass is 16.5. The van der Waals surface area contributed by atoms with Gasteiger partial charge in [0.25, 0.3) is 0 Å². The van der Waals surface area contributed by atoms with Gasteiger partial charge >= 0.3 is 0 Å². The molecule has 0 saturated carbocycles. The Morgan fingerprint density at radius 3 is 2.43 bits per heavy atom. The number of rotatable bonds is 3. The molecule has 0 spiro atoms. The van der Waals surface area contributed by atoms with Gasteiger partial charge in [0.1, 0.15) is 5.75 Å². The molecule has 0 saturated heterocycles. The zero-order valence-electron chi connectivity index (χ0n) is 9.00. The third kappa shape index (κ3) is 2.92. The van der Waals surface area contributed by atoms with E-state index in [-0.39, 0.29) is 5.54 Å². The van der Waals surface area contributed by atoms with Crippen molar-refractivity contribution in [3.8, 4) is 5.75 Å². The molecule has 0 aliphatic rings. The summed E-state index contributed by atoms with van der Waals surface area (Å²) in [6, 6.07) is 5.77. The Balaban J connectivity index is 2.87. The van der Waals surface area contributed by atoms with Crippen molar-refractivity contribution in [3.05, 3.63) is 23.8 Å². The molecule has 0 aliphatic carbocycles. The van der Waals surface area contributed by atoms with Crippen molar-refractivity contribution < 1.29 is 4.74 Å². The molecule has 0 fully saturated rings. The van der Waals surface area contributed by atoms with Crippen molar-refractivity contribution in [2.24, 2.45) is 5.73 Å². The van der Waals surface area contributed by atoms with E-state index in [4.69, 9.17) is 16.2 Å². The van der Waals surface area contributed by atoms with E-state index in [0.717, 1.165) is 12.0 Å². The normalized spacial score (nSPS) is 11.4. The molecule has 0 bridgehead atoms. The summed E-state index contributed by atoms with van der Waals surface area (Å²) >= 11 is 0. The smallest absolute Gasteiger partial charge is 0.141 e. The van der Waals surface area contributed by atoms with Gasteiger partial charge in [-0.05, 0) is 38.0 Å². The van der Waals surface area contributed by atoms with Crippen molar-refractivity contribution in [2.75, 3.05) is 12.8 Å². The lowest BCUT2D eigenvalue weighted by Gasteiger charge is -2.18. The van der Waals surface area contributed by atoms with Crippen molar-refractivity contribution in [2.45, 2.75) is 25.8 Å². The van der Waals surface area contributed by atoms with Crippen LogP contribution in [-0.4, -0.2) is 12.6 Å². The molecule has 0 unspecified atom stereocenters. The second-order valence-electron chi connectivity index (χ2n) is 4.24. The zero-order chi connectivity index (χ0) is 10.8. The van der Waals surface area contributed by atoms with Crippen LogP contribution in [0.25, 0.3) is 0 Å². The molecule has 4 N–H and O–H groups in total. The Labute approximate surface area is 85.0 Å². The summed E-state index contributed by atoms with van der Waals surface area (Å²) in [5.74, 6) is 0.712. The van der Waals surface area contributed by atoms with E-state index >= 15 is 0 Å². The maximum Gasteiger partial charge on any atom is 0.141 e. The van der Waals surface area contributed by atoms with Crippen LogP contribution in [-0.2, 0) is 6.42 Å². The maximum atomic E-state index is 5.92. The van der Waals surface area contributed by atoms with Gasteiger partial charge in [-0.25, -0.2) is 0 Å². The first-order valence-electron chi connectivity index (χ1n) is 4.63. The molecule has 0 radical (unpaired) electrons. The van der Waals surface area contributed by atoms with Gasteiger partial charge in [0.05, 0.1) is 12.8 Å². The summed E-state index contributed by atoms with van der Waals surface area (Å²) in [7, 11) is 1.61. The minimum Gasteiger partial charge on any atom is -0.495 e. The van der Waals surface area contributed by atoms with E-state index in [1.807, 2.05) is 32.0 Å². The third-order valence-corrected chi connectivity index (χ3v) is 1.95. The number of nitrogens with two attached hydrogens (primary N) is 2. The van der Waals surface area contributed by atoms with Gasteiger partial charge in [-0.1, -0.05) is 6.07 Å². The highest BCUT2D eigenvalue weighted by Crippen LogP contribution is 2.23. The summed E-state index contributed by atoms with van der Waals surface area (Å²) in [5.41, 5.74) is 13.3. The molecule has 3 nitrogen and oxygen atoms in total. The van der Waals surface area contributed by atoms with Crippen LogP contribution in [0.1, 0.15) is 19.4 Å². The van der Waals surface area contributed by atoms with Gasteiger partial charge in [-0.2, -0.15) is 0 Å².